The second-order valence-corrected chi connectivity index (χ2v) is 6.01. The molecule has 0 aliphatic heterocycles. The Balaban J connectivity index is 2.11. The highest BCUT2D eigenvalue weighted by Gasteiger charge is 2.22. The van der Waals surface area contributed by atoms with Crippen LogP contribution in [0.3, 0.4) is 0 Å². The monoisotopic (exact) mass is 321 g/mol. The fourth-order valence-electron chi connectivity index (χ4n) is 3.28. The fourth-order valence-corrected chi connectivity index (χ4v) is 3.28. The Morgan fingerprint density at radius 1 is 1.04 bits per heavy atom. The molecule has 2 heterocycles. The molecule has 0 spiro atoms. The zero-order valence-electron chi connectivity index (χ0n) is 13.7. The number of hydrogen-bond donors (Lipinski definition) is 0. The van der Waals surface area contributed by atoms with E-state index in [1.54, 1.807) is 24.4 Å². The molecule has 0 amide bonds. The number of benzene rings is 2. The summed E-state index contributed by atoms with van der Waals surface area (Å²) in [6.07, 6.45) is 1.55. The number of halogens is 1. The highest BCUT2D eigenvalue weighted by Crippen LogP contribution is 2.33. The Hall–Kier alpha value is -2.95. The largest absolute Gasteiger partial charge is 0.335 e. The van der Waals surface area contributed by atoms with Gasteiger partial charge in [0.1, 0.15) is 5.82 Å². The molecule has 2 aromatic carbocycles. The lowest BCUT2D eigenvalue weighted by Gasteiger charge is -2.15. The van der Waals surface area contributed by atoms with Crippen molar-refractivity contribution >= 4 is 11.2 Å². The van der Waals surface area contributed by atoms with Gasteiger partial charge in [-0.15, -0.1) is 0 Å². The van der Waals surface area contributed by atoms with Gasteiger partial charge in [-0.3, -0.25) is 4.57 Å². The van der Waals surface area contributed by atoms with E-state index in [1.165, 1.54) is 11.6 Å². The van der Waals surface area contributed by atoms with Crippen molar-refractivity contribution in [3.63, 3.8) is 0 Å². The van der Waals surface area contributed by atoms with Crippen molar-refractivity contribution in [2.24, 2.45) is 0 Å². The van der Waals surface area contributed by atoms with Crippen LogP contribution >= 0.6 is 0 Å². The van der Waals surface area contributed by atoms with Gasteiger partial charge in [-0.2, -0.15) is 0 Å². The molecule has 0 saturated heterocycles. The van der Waals surface area contributed by atoms with Gasteiger partial charge in [-0.05, 0) is 44.0 Å². The molecule has 0 radical (unpaired) electrons. The third kappa shape index (κ3) is 2.12. The van der Waals surface area contributed by atoms with Crippen LogP contribution in [0.5, 0.6) is 0 Å². The highest BCUT2D eigenvalue weighted by atomic mass is 19.1. The second-order valence-electron chi connectivity index (χ2n) is 6.01. The lowest BCUT2D eigenvalue weighted by molar-refractivity contribution is 0.443. The molecule has 0 unspecified atom stereocenters. The maximum Gasteiger partial charge on any atom is 0.263 e. The minimum absolute atomic E-state index is 0.318. The Bertz CT molecular complexity index is 1040. The third-order valence-corrected chi connectivity index (χ3v) is 4.15. The molecular weight excluding hydrogens is 305 g/mol. The molecule has 24 heavy (non-hydrogen) atoms. The van der Waals surface area contributed by atoms with Crippen LogP contribution in [0.2, 0.25) is 0 Å². The van der Waals surface area contributed by atoms with Crippen LogP contribution in [-0.4, -0.2) is 14.7 Å². The van der Waals surface area contributed by atoms with Gasteiger partial charge in [-0.1, -0.05) is 35.0 Å². The van der Waals surface area contributed by atoms with Crippen LogP contribution < -0.4 is 0 Å². The molecule has 0 atom stereocenters. The standard InChI is InChI=1S/C19H16FN3O/c1-11-8-12(2)17(13(3)9-11)23-18(14-6-4-5-7-15(14)20)22-16-10-21-24-19(16)23/h4-10H,1-3H3. The van der Waals surface area contributed by atoms with E-state index in [2.05, 4.69) is 29.2 Å². The Morgan fingerprint density at radius 2 is 1.75 bits per heavy atom. The summed E-state index contributed by atoms with van der Waals surface area (Å²) in [5, 5.41) is 3.83. The number of fused-ring (bicyclic) bond motifs is 1. The average molecular weight is 321 g/mol. The number of nitrogens with zero attached hydrogens (tertiary/aromatic N) is 3. The number of imidazole rings is 1. The summed E-state index contributed by atoms with van der Waals surface area (Å²) in [5.74, 6) is 0.195. The van der Waals surface area contributed by atoms with E-state index in [0.717, 1.165) is 16.8 Å². The molecule has 4 aromatic rings. The molecule has 2 aromatic heterocycles. The van der Waals surface area contributed by atoms with Gasteiger partial charge >= 0.3 is 0 Å². The minimum atomic E-state index is -0.318. The molecule has 0 aliphatic carbocycles. The first kappa shape index (κ1) is 14.6. The molecule has 4 nitrogen and oxygen atoms in total. The molecule has 0 fully saturated rings. The maximum absolute atomic E-state index is 14.4. The summed E-state index contributed by atoms with van der Waals surface area (Å²) in [4.78, 5) is 4.55. The maximum atomic E-state index is 14.4. The molecule has 0 N–H and O–H groups in total. The quantitative estimate of drug-likeness (QED) is 0.535. The minimum Gasteiger partial charge on any atom is -0.335 e. The smallest absolute Gasteiger partial charge is 0.263 e. The van der Waals surface area contributed by atoms with E-state index in [0.29, 0.717) is 22.6 Å². The van der Waals surface area contributed by atoms with Crippen LogP contribution in [0.1, 0.15) is 16.7 Å². The van der Waals surface area contributed by atoms with E-state index in [4.69, 9.17) is 4.52 Å². The van der Waals surface area contributed by atoms with E-state index >= 15 is 0 Å². The molecule has 4 rings (SSSR count). The normalized spacial score (nSPS) is 11.3. The highest BCUT2D eigenvalue weighted by molar-refractivity contribution is 5.79. The Morgan fingerprint density at radius 3 is 2.46 bits per heavy atom. The van der Waals surface area contributed by atoms with Crippen LogP contribution in [-0.2, 0) is 0 Å². The van der Waals surface area contributed by atoms with Crippen LogP contribution in [0.15, 0.2) is 47.1 Å². The topological polar surface area (TPSA) is 43.9 Å². The number of hydrogen-bond acceptors (Lipinski definition) is 3. The summed E-state index contributed by atoms with van der Waals surface area (Å²) in [6, 6.07) is 10.8. The van der Waals surface area contributed by atoms with Gasteiger partial charge in [0, 0.05) is 0 Å². The number of rotatable bonds is 2. The van der Waals surface area contributed by atoms with E-state index in [9.17, 15) is 4.39 Å². The molecule has 0 bridgehead atoms. The van der Waals surface area contributed by atoms with Crippen LogP contribution in [0.4, 0.5) is 4.39 Å². The predicted molar refractivity (Wildman–Crippen MR) is 90.7 cm³/mol. The van der Waals surface area contributed by atoms with Gasteiger partial charge in [0.15, 0.2) is 11.3 Å². The van der Waals surface area contributed by atoms with Crippen molar-refractivity contribution in [2.45, 2.75) is 20.8 Å². The average Bonchev–Trinajstić information content (AvgIpc) is 3.09. The van der Waals surface area contributed by atoms with Crippen LogP contribution in [0.25, 0.3) is 28.3 Å². The summed E-state index contributed by atoms with van der Waals surface area (Å²) in [5.41, 5.74) is 5.81. The van der Waals surface area contributed by atoms with Crippen molar-refractivity contribution in [3.05, 3.63) is 65.1 Å². The molecule has 0 aliphatic rings. The van der Waals surface area contributed by atoms with E-state index in [-0.39, 0.29) is 5.82 Å². The molecular formula is C19H16FN3O. The van der Waals surface area contributed by atoms with Crippen molar-refractivity contribution in [2.75, 3.05) is 0 Å². The number of aromatic nitrogens is 3. The zero-order valence-corrected chi connectivity index (χ0v) is 13.7. The summed E-state index contributed by atoms with van der Waals surface area (Å²) in [7, 11) is 0. The summed E-state index contributed by atoms with van der Waals surface area (Å²) in [6.45, 7) is 6.12. The van der Waals surface area contributed by atoms with Crippen molar-refractivity contribution < 1.29 is 8.91 Å². The van der Waals surface area contributed by atoms with Crippen molar-refractivity contribution in [1.29, 1.82) is 0 Å². The van der Waals surface area contributed by atoms with Gasteiger partial charge in [0.05, 0.1) is 17.4 Å². The molecule has 120 valence electrons. The number of aryl methyl sites for hydroxylation is 3. The molecule has 5 heteroatoms. The Labute approximate surface area is 138 Å². The van der Waals surface area contributed by atoms with Crippen molar-refractivity contribution in [1.82, 2.24) is 14.7 Å². The summed E-state index contributed by atoms with van der Waals surface area (Å²) < 4.78 is 21.6. The van der Waals surface area contributed by atoms with E-state index < -0.39 is 0 Å². The van der Waals surface area contributed by atoms with Gasteiger partial charge in [0.25, 0.3) is 5.71 Å². The van der Waals surface area contributed by atoms with E-state index in [1.807, 2.05) is 18.4 Å². The first-order valence-electron chi connectivity index (χ1n) is 7.72. The first-order valence-corrected chi connectivity index (χ1v) is 7.72. The van der Waals surface area contributed by atoms with Crippen molar-refractivity contribution in [3.8, 4) is 17.1 Å². The molecule has 0 saturated carbocycles. The second kappa shape index (κ2) is 5.30. The third-order valence-electron chi connectivity index (χ3n) is 4.15. The predicted octanol–water partition coefficient (Wildman–Crippen LogP) is 4.74. The summed E-state index contributed by atoms with van der Waals surface area (Å²) >= 11 is 0. The lowest BCUT2D eigenvalue weighted by Crippen LogP contribution is -2.04. The SMILES string of the molecule is Cc1cc(C)c(-n2c(-c3ccccc3F)nc3cnoc32)c(C)c1. The Kier molecular flexibility index (Phi) is 3.23. The van der Waals surface area contributed by atoms with Gasteiger partial charge in [0.2, 0.25) is 0 Å². The lowest BCUT2D eigenvalue weighted by atomic mass is 10.0. The van der Waals surface area contributed by atoms with Gasteiger partial charge < -0.3 is 4.52 Å². The fraction of sp³-hybridized carbons (Fsp3) is 0.158. The first-order chi connectivity index (χ1) is 11.6. The van der Waals surface area contributed by atoms with Crippen LogP contribution in [0, 0.1) is 26.6 Å². The zero-order chi connectivity index (χ0) is 16.8. The van der Waals surface area contributed by atoms with Gasteiger partial charge in [-0.25, -0.2) is 9.37 Å².